The first kappa shape index (κ1) is 17.2. The van der Waals surface area contributed by atoms with E-state index in [1.54, 1.807) is 0 Å². The first-order valence-electron chi connectivity index (χ1n) is 9.32. The molecule has 4 nitrogen and oxygen atoms in total. The molecule has 2 aliphatic heterocycles. The zero-order valence-corrected chi connectivity index (χ0v) is 15.7. The minimum Gasteiger partial charge on any atom is -0.368 e. The van der Waals surface area contributed by atoms with E-state index in [9.17, 15) is 4.79 Å². The molecule has 1 saturated heterocycles. The lowest BCUT2D eigenvalue weighted by Crippen LogP contribution is -2.51. The van der Waals surface area contributed by atoms with E-state index in [0.717, 1.165) is 56.3 Å². The Labute approximate surface area is 160 Å². The minimum absolute atomic E-state index is 0.229. The van der Waals surface area contributed by atoms with Gasteiger partial charge in [0.2, 0.25) is 5.91 Å². The summed E-state index contributed by atoms with van der Waals surface area (Å²) in [6.45, 7) is 4.67. The van der Waals surface area contributed by atoms with Gasteiger partial charge >= 0.3 is 0 Å². The summed E-state index contributed by atoms with van der Waals surface area (Å²) in [4.78, 5) is 19.4. The summed E-state index contributed by atoms with van der Waals surface area (Å²) in [5.74, 6) is 0.229. The van der Waals surface area contributed by atoms with E-state index in [2.05, 4.69) is 40.1 Å². The van der Waals surface area contributed by atoms with Gasteiger partial charge in [-0.15, -0.1) is 0 Å². The van der Waals surface area contributed by atoms with E-state index < -0.39 is 0 Å². The van der Waals surface area contributed by atoms with Gasteiger partial charge in [-0.05, 0) is 42.7 Å². The molecule has 2 aromatic carbocycles. The van der Waals surface area contributed by atoms with Crippen LogP contribution in [0, 0.1) is 0 Å². The summed E-state index contributed by atoms with van der Waals surface area (Å²) < 4.78 is 0. The van der Waals surface area contributed by atoms with Crippen LogP contribution in [0.3, 0.4) is 0 Å². The summed E-state index contributed by atoms with van der Waals surface area (Å²) in [6.07, 6.45) is 2.23. The molecule has 1 amide bonds. The molecule has 0 spiro atoms. The number of anilines is 2. The van der Waals surface area contributed by atoms with E-state index in [1.807, 2.05) is 23.1 Å². The molecule has 5 heteroatoms. The van der Waals surface area contributed by atoms with Crippen molar-refractivity contribution in [3.05, 3.63) is 59.1 Å². The molecule has 0 N–H and O–H groups in total. The van der Waals surface area contributed by atoms with Crippen LogP contribution in [-0.4, -0.2) is 50.1 Å². The number of rotatable bonds is 3. The molecular weight excluding hydrogens is 346 g/mol. The van der Waals surface area contributed by atoms with E-state index in [1.165, 1.54) is 11.3 Å². The molecule has 0 aliphatic carbocycles. The highest BCUT2D eigenvalue weighted by molar-refractivity contribution is 6.30. The summed E-state index contributed by atoms with van der Waals surface area (Å²) in [6, 6.07) is 16.4. The molecule has 0 aromatic heterocycles. The number of nitrogens with zero attached hydrogens (tertiary/aromatic N) is 3. The van der Waals surface area contributed by atoms with Crippen LogP contribution in [-0.2, 0) is 11.2 Å². The molecular formula is C21H24ClN3O. The average molecular weight is 370 g/mol. The lowest BCUT2D eigenvalue weighted by atomic mass is 10.0. The predicted octanol–water partition coefficient (Wildman–Crippen LogP) is 3.44. The van der Waals surface area contributed by atoms with E-state index >= 15 is 0 Å². The molecule has 4 rings (SSSR count). The number of carbonyl (C=O) groups excluding carboxylic acids is 1. The normalized spacial score (nSPS) is 17.2. The monoisotopic (exact) mass is 369 g/mol. The highest BCUT2D eigenvalue weighted by Crippen LogP contribution is 2.26. The Bertz CT molecular complexity index is 786. The number of fused-ring (bicyclic) bond motifs is 1. The number of benzene rings is 2. The van der Waals surface area contributed by atoms with Gasteiger partial charge in [-0.2, -0.15) is 0 Å². The van der Waals surface area contributed by atoms with Gasteiger partial charge in [0.25, 0.3) is 0 Å². The zero-order valence-electron chi connectivity index (χ0n) is 14.9. The molecule has 2 aromatic rings. The molecule has 26 heavy (non-hydrogen) atoms. The molecule has 0 saturated carbocycles. The van der Waals surface area contributed by atoms with Crippen molar-refractivity contribution < 1.29 is 4.79 Å². The summed E-state index contributed by atoms with van der Waals surface area (Å²) in [5, 5.41) is 0.754. The van der Waals surface area contributed by atoms with Crippen LogP contribution in [0.4, 0.5) is 11.4 Å². The van der Waals surface area contributed by atoms with Gasteiger partial charge in [0.1, 0.15) is 0 Å². The standard InChI is InChI=1S/C21H24ClN3O/c22-18-7-3-8-19(15-18)23-11-13-24(14-12-23)21(26)16-25-10-4-6-17-5-1-2-9-20(17)25/h1-3,5,7-9,15H,4,6,10-14,16H2. The molecule has 0 radical (unpaired) electrons. The van der Waals surface area contributed by atoms with Gasteiger partial charge in [-0.3, -0.25) is 4.79 Å². The van der Waals surface area contributed by atoms with Crippen LogP contribution in [0.2, 0.25) is 5.02 Å². The highest BCUT2D eigenvalue weighted by atomic mass is 35.5. The number of hydrogen-bond donors (Lipinski definition) is 0. The van der Waals surface area contributed by atoms with E-state index in [4.69, 9.17) is 11.6 Å². The first-order chi connectivity index (χ1) is 12.7. The smallest absolute Gasteiger partial charge is 0.242 e. The van der Waals surface area contributed by atoms with Crippen LogP contribution in [0.1, 0.15) is 12.0 Å². The van der Waals surface area contributed by atoms with Crippen LogP contribution < -0.4 is 9.80 Å². The number of piperazine rings is 1. The number of aryl methyl sites for hydroxylation is 1. The first-order valence-corrected chi connectivity index (χ1v) is 9.70. The minimum atomic E-state index is 0.229. The van der Waals surface area contributed by atoms with Crippen molar-refractivity contribution in [1.29, 1.82) is 0 Å². The third-order valence-corrected chi connectivity index (χ3v) is 5.57. The van der Waals surface area contributed by atoms with Gasteiger partial charge in [-0.1, -0.05) is 35.9 Å². The zero-order chi connectivity index (χ0) is 17.9. The number of carbonyl (C=O) groups is 1. The van der Waals surface area contributed by atoms with Gasteiger partial charge in [-0.25, -0.2) is 0 Å². The van der Waals surface area contributed by atoms with Crippen molar-refractivity contribution in [2.24, 2.45) is 0 Å². The van der Waals surface area contributed by atoms with Crippen LogP contribution in [0.5, 0.6) is 0 Å². The Kier molecular flexibility index (Phi) is 5.02. The molecule has 0 unspecified atom stereocenters. The van der Waals surface area contributed by atoms with Crippen molar-refractivity contribution in [3.63, 3.8) is 0 Å². The highest BCUT2D eigenvalue weighted by Gasteiger charge is 2.25. The summed E-state index contributed by atoms with van der Waals surface area (Å²) in [7, 11) is 0. The second-order valence-corrected chi connectivity index (χ2v) is 7.44. The van der Waals surface area contributed by atoms with Crippen molar-refractivity contribution in [2.45, 2.75) is 12.8 Å². The molecule has 2 aliphatic rings. The fourth-order valence-electron chi connectivity index (χ4n) is 3.93. The fourth-order valence-corrected chi connectivity index (χ4v) is 4.11. The van der Waals surface area contributed by atoms with Gasteiger partial charge < -0.3 is 14.7 Å². The lowest BCUT2D eigenvalue weighted by molar-refractivity contribution is -0.130. The largest absolute Gasteiger partial charge is 0.368 e. The second kappa shape index (κ2) is 7.58. The third-order valence-electron chi connectivity index (χ3n) is 5.34. The maximum atomic E-state index is 12.8. The number of hydrogen-bond acceptors (Lipinski definition) is 3. The van der Waals surface area contributed by atoms with Crippen LogP contribution in [0.15, 0.2) is 48.5 Å². The lowest BCUT2D eigenvalue weighted by Gasteiger charge is -2.38. The quantitative estimate of drug-likeness (QED) is 0.829. The topological polar surface area (TPSA) is 26.8 Å². The van der Waals surface area contributed by atoms with E-state index in [0.29, 0.717) is 6.54 Å². The summed E-state index contributed by atoms with van der Waals surface area (Å²) in [5.41, 5.74) is 3.72. The summed E-state index contributed by atoms with van der Waals surface area (Å²) >= 11 is 6.10. The molecule has 1 fully saturated rings. The number of para-hydroxylation sites is 1. The van der Waals surface area contributed by atoms with Gasteiger partial charge in [0.05, 0.1) is 6.54 Å². The Balaban J connectivity index is 1.36. The molecule has 0 bridgehead atoms. The van der Waals surface area contributed by atoms with Crippen molar-refractivity contribution in [1.82, 2.24) is 4.90 Å². The maximum absolute atomic E-state index is 12.8. The van der Waals surface area contributed by atoms with E-state index in [-0.39, 0.29) is 5.91 Å². The fraction of sp³-hybridized carbons (Fsp3) is 0.381. The second-order valence-electron chi connectivity index (χ2n) is 7.00. The molecule has 2 heterocycles. The van der Waals surface area contributed by atoms with Crippen molar-refractivity contribution in [3.8, 4) is 0 Å². The Hall–Kier alpha value is -2.20. The Morgan fingerprint density at radius 1 is 0.962 bits per heavy atom. The van der Waals surface area contributed by atoms with Crippen LogP contribution in [0.25, 0.3) is 0 Å². The predicted molar refractivity (Wildman–Crippen MR) is 107 cm³/mol. The maximum Gasteiger partial charge on any atom is 0.242 e. The van der Waals surface area contributed by atoms with Gasteiger partial charge in [0.15, 0.2) is 0 Å². The SMILES string of the molecule is O=C(CN1CCCc2ccccc21)N1CCN(c2cccc(Cl)c2)CC1. The van der Waals surface area contributed by atoms with Crippen LogP contribution >= 0.6 is 11.6 Å². The average Bonchev–Trinajstić information content (AvgIpc) is 2.68. The van der Waals surface area contributed by atoms with Crippen molar-refractivity contribution >= 4 is 28.9 Å². The third kappa shape index (κ3) is 3.65. The molecule has 0 atom stereocenters. The number of halogens is 1. The Morgan fingerprint density at radius 3 is 2.58 bits per heavy atom. The number of amides is 1. The molecule has 136 valence electrons. The van der Waals surface area contributed by atoms with Gasteiger partial charge in [0, 0.05) is 49.1 Å². The Morgan fingerprint density at radius 2 is 1.77 bits per heavy atom. The van der Waals surface area contributed by atoms with Crippen molar-refractivity contribution in [2.75, 3.05) is 49.1 Å².